The standard InChI is InChI=1S/C18H16N2O6S/c1-11(20-18(22)13-4-2-3-5-16(13)27(20,23)24)17(21)19-12-6-7-14-15(10-12)26-9-8-25-14/h2-7,10-11H,8-9H2,1H3,(H,19,21). The Kier molecular flexibility index (Phi) is 4.03. The van der Waals surface area contributed by atoms with E-state index in [0.29, 0.717) is 34.7 Å². The molecule has 2 aromatic rings. The van der Waals surface area contributed by atoms with E-state index in [1.54, 1.807) is 24.3 Å². The summed E-state index contributed by atoms with van der Waals surface area (Å²) in [6.07, 6.45) is 0. The smallest absolute Gasteiger partial charge is 0.269 e. The highest BCUT2D eigenvalue weighted by Gasteiger charge is 2.45. The van der Waals surface area contributed by atoms with Crippen molar-refractivity contribution in [3.05, 3.63) is 48.0 Å². The Bertz CT molecular complexity index is 1050. The first-order valence-electron chi connectivity index (χ1n) is 8.28. The van der Waals surface area contributed by atoms with Crippen LogP contribution >= 0.6 is 0 Å². The first-order chi connectivity index (χ1) is 12.9. The number of fused-ring (bicyclic) bond motifs is 2. The SMILES string of the molecule is CC(C(=O)Nc1ccc2c(c1)OCCO2)N1C(=O)c2ccccc2S1(=O)=O. The molecule has 0 aliphatic carbocycles. The van der Waals surface area contributed by atoms with Gasteiger partial charge in [0.1, 0.15) is 24.2 Å². The van der Waals surface area contributed by atoms with Crippen LogP contribution < -0.4 is 14.8 Å². The van der Waals surface area contributed by atoms with E-state index in [-0.39, 0.29) is 10.5 Å². The van der Waals surface area contributed by atoms with Gasteiger partial charge in [-0.3, -0.25) is 9.59 Å². The molecule has 9 heteroatoms. The Hall–Kier alpha value is -3.07. The highest BCUT2D eigenvalue weighted by Crippen LogP contribution is 2.34. The number of nitrogens with zero attached hydrogens (tertiary/aromatic N) is 1. The Morgan fingerprint density at radius 2 is 1.81 bits per heavy atom. The Morgan fingerprint density at radius 1 is 1.11 bits per heavy atom. The highest BCUT2D eigenvalue weighted by molar-refractivity contribution is 7.90. The summed E-state index contributed by atoms with van der Waals surface area (Å²) in [6.45, 7) is 2.22. The average Bonchev–Trinajstić information content (AvgIpc) is 2.87. The van der Waals surface area contributed by atoms with Crippen LogP contribution in [0.4, 0.5) is 5.69 Å². The number of sulfonamides is 1. The number of carbonyl (C=O) groups is 2. The number of amides is 2. The molecule has 0 spiro atoms. The number of carbonyl (C=O) groups excluding carboxylic acids is 2. The summed E-state index contributed by atoms with van der Waals surface area (Å²) in [6, 6.07) is 9.55. The van der Waals surface area contributed by atoms with Gasteiger partial charge < -0.3 is 14.8 Å². The van der Waals surface area contributed by atoms with Gasteiger partial charge in [-0.2, -0.15) is 0 Å². The molecule has 4 rings (SSSR count). The molecule has 2 amide bonds. The van der Waals surface area contributed by atoms with E-state index in [4.69, 9.17) is 9.47 Å². The van der Waals surface area contributed by atoms with E-state index in [9.17, 15) is 18.0 Å². The molecular formula is C18H16N2O6S. The summed E-state index contributed by atoms with van der Waals surface area (Å²) in [5, 5.41) is 2.62. The summed E-state index contributed by atoms with van der Waals surface area (Å²) in [7, 11) is -4.07. The molecule has 2 aromatic carbocycles. The second-order valence-electron chi connectivity index (χ2n) is 6.13. The lowest BCUT2D eigenvalue weighted by Gasteiger charge is -2.23. The first-order valence-corrected chi connectivity index (χ1v) is 9.72. The Labute approximate surface area is 155 Å². The molecule has 1 N–H and O–H groups in total. The number of rotatable bonds is 3. The van der Waals surface area contributed by atoms with Crippen LogP contribution in [0.15, 0.2) is 47.4 Å². The zero-order valence-corrected chi connectivity index (χ0v) is 15.2. The van der Waals surface area contributed by atoms with Crippen LogP contribution in [-0.4, -0.2) is 43.8 Å². The zero-order chi connectivity index (χ0) is 19.2. The van der Waals surface area contributed by atoms with Gasteiger partial charge in [0.05, 0.1) is 5.56 Å². The van der Waals surface area contributed by atoms with Gasteiger partial charge in [0.25, 0.3) is 15.9 Å². The van der Waals surface area contributed by atoms with Crippen LogP contribution in [0.1, 0.15) is 17.3 Å². The molecule has 0 saturated carbocycles. The molecule has 2 aliphatic rings. The lowest BCUT2D eigenvalue weighted by Crippen LogP contribution is -2.45. The second kappa shape index (κ2) is 6.27. The van der Waals surface area contributed by atoms with Crippen molar-refractivity contribution in [3.8, 4) is 11.5 Å². The largest absolute Gasteiger partial charge is 0.486 e. The molecule has 0 saturated heterocycles. The van der Waals surface area contributed by atoms with Crippen molar-refractivity contribution in [2.45, 2.75) is 17.9 Å². The predicted molar refractivity (Wildman–Crippen MR) is 95.3 cm³/mol. The van der Waals surface area contributed by atoms with Gasteiger partial charge in [0.2, 0.25) is 5.91 Å². The van der Waals surface area contributed by atoms with Crippen LogP contribution in [0.2, 0.25) is 0 Å². The normalized spacial score (nSPS) is 18.0. The molecule has 2 heterocycles. The monoisotopic (exact) mass is 388 g/mol. The van der Waals surface area contributed by atoms with Gasteiger partial charge in [0, 0.05) is 11.8 Å². The molecule has 0 bridgehead atoms. The zero-order valence-electron chi connectivity index (χ0n) is 14.3. The third-order valence-electron chi connectivity index (χ3n) is 4.40. The van der Waals surface area contributed by atoms with E-state index in [2.05, 4.69) is 5.32 Å². The van der Waals surface area contributed by atoms with Crippen molar-refractivity contribution in [3.63, 3.8) is 0 Å². The third kappa shape index (κ3) is 2.80. The van der Waals surface area contributed by atoms with Crippen LogP contribution in [0.3, 0.4) is 0 Å². The molecule has 0 fully saturated rings. The molecule has 1 unspecified atom stereocenters. The van der Waals surface area contributed by atoms with Gasteiger partial charge in [-0.05, 0) is 31.2 Å². The fourth-order valence-electron chi connectivity index (χ4n) is 3.06. The summed E-state index contributed by atoms with van der Waals surface area (Å²) >= 11 is 0. The minimum Gasteiger partial charge on any atom is -0.486 e. The molecule has 27 heavy (non-hydrogen) atoms. The maximum Gasteiger partial charge on any atom is 0.269 e. The van der Waals surface area contributed by atoms with Crippen molar-refractivity contribution in [1.82, 2.24) is 4.31 Å². The number of hydrogen-bond acceptors (Lipinski definition) is 6. The van der Waals surface area contributed by atoms with E-state index >= 15 is 0 Å². The minimum absolute atomic E-state index is 0.0662. The van der Waals surface area contributed by atoms with Gasteiger partial charge in [-0.15, -0.1) is 0 Å². The molecule has 1 atom stereocenters. The third-order valence-corrected chi connectivity index (χ3v) is 6.31. The second-order valence-corrected chi connectivity index (χ2v) is 7.91. The van der Waals surface area contributed by atoms with E-state index in [1.807, 2.05) is 0 Å². The molecule has 140 valence electrons. The van der Waals surface area contributed by atoms with Gasteiger partial charge in [-0.25, -0.2) is 12.7 Å². The minimum atomic E-state index is -4.07. The summed E-state index contributed by atoms with van der Waals surface area (Å²) in [5.41, 5.74) is 0.481. The quantitative estimate of drug-likeness (QED) is 0.857. The predicted octanol–water partition coefficient (Wildman–Crippen LogP) is 1.63. The highest BCUT2D eigenvalue weighted by atomic mass is 32.2. The summed E-state index contributed by atoms with van der Waals surface area (Å²) in [5.74, 6) is -0.282. The molecule has 8 nitrogen and oxygen atoms in total. The number of ether oxygens (including phenoxy) is 2. The van der Waals surface area contributed by atoms with Crippen molar-refractivity contribution in [1.29, 1.82) is 0 Å². The van der Waals surface area contributed by atoms with Crippen molar-refractivity contribution in [2.24, 2.45) is 0 Å². The fourth-order valence-corrected chi connectivity index (χ4v) is 4.78. The maximum atomic E-state index is 12.7. The van der Waals surface area contributed by atoms with Crippen LogP contribution in [0, 0.1) is 0 Å². The topological polar surface area (TPSA) is 102 Å². The van der Waals surface area contributed by atoms with E-state index < -0.39 is 27.9 Å². The van der Waals surface area contributed by atoms with Crippen LogP contribution in [0.25, 0.3) is 0 Å². The lowest BCUT2D eigenvalue weighted by atomic mass is 10.2. The van der Waals surface area contributed by atoms with E-state index in [1.165, 1.54) is 25.1 Å². The molecular weight excluding hydrogens is 372 g/mol. The van der Waals surface area contributed by atoms with Gasteiger partial charge in [0.15, 0.2) is 11.5 Å². The number of nitrogens with one attached hydrogen (secondary N) is 1. The Morgan fingerprint density at radius 3 is 2.56 bits per heavy atom. The van der Waals surface area contributed by atoms with Crippen molar-refractivity contribution < 1.29 is 27.5 Å². The van der Waals surface area contributed by atoms with Crippen molar-refractivity contribution >= 4 is 27.5 Å². The lowest BCUT2D eigenvalue weighted by molar-refractivity contribution is -0.118. The van der Waals surface area contributed by atoms with Crippen molar-refractivity contribution in [2.75, 3.05) is 18.5 Å². The Balaban J connectivity index is 1.57. The summed E-state index contributed by atoms with van der Waals surface area (Å²) < 4.78 is 36.8. The van der Waals surface area contributed by atoms with Crippen LogP contribution in [-0.2, 0) is 14.8 Å². The number of anilines is 1. The molecule has 0 radical (unpaired) electrons. The number of benzene rings is 2. The van der Waals surface area contributed by atoms with Gasteiger partial charge in [-0.1, -0.05) is 12.1 Å². The first kappa shape index (κ1) is 17.3. The summed E-state index contributed by atoms with van der Waals surface area (Å²) in [4.78, 5) is 25.1. The molecule has 2 aliphatic heterocycles. The van der Waals surface area contributed by atoms with Crippen LogP contribution in [0.5, 0.6) is 11.5 Å². The molecule has 0 aromatic heterocycles. The van der Waals surface area contributed by atoms with Gasteiger partial charge >= 0.3 is 0 Å². The van der Waals surface area contributed by atoms with E-state index in [0.717, 1.165) is 0 Å². The number of hydrogen-bond donors (Lipinski definition) is 1. The fraction of sp³-hybridized carbons (Fsp3) is 0.222. The average molecular weight is 388 g/mol. The maximum absolute atomic E-state index is 12.7.